The van der Waals surface area contributed by atoms with E-state index in [9.17, 15) is 48.3 Å². The molecule has 0 bridgehead atoms. The second kappa shape index (κ2) is 24.1. The summed E-state index contributed by atoms with van der Waals surface area (Å²) >= 11 is 0. The summed E-state index contributed by atoms with van der Waals surface area (Å²) in [5.41, 5.74) is -0.672. The molecule has 4 amide bonds. The lowest BCUT2D eigenvalue weighted by molar-refractivity contribution is -0.147. The molecule has 5 N–H and O–H groups in total. The largest absolute Gasteiger partial charge is 0.481 e. The van der Waals surface area contributed by atoms with Crippen LogP contribution >= 0.6 is 0 Å². The number of rotatable bonds is 17. The number of carboxylic acids is 2. The molecule has 336 valence electrons. The van der Waals surface area contributed by atoms with E-state index in [-0.39, 0.29) is 61.2 Å². The van der Waals surface area contributed by atoms with Gasteiger partial charge in [0.25, 0.3) is 0 Å². The van der Waals surface area contributed by atoms with Gasteiger partial charge in [0.1, 0.15) is 18.1 Å². The van der Waals surface area contributed by atoms with Crippen molar-refractivity contribution in [2.75, 3.05) is 13.7 Å². The quantitative estimate of drug-likeness (QED) is 0.111. The fraction of sp³-hybridized carbons (Fsp3) is 0.636. The zero-order valence-corrected chi connectivity index (χ0v) is 36.0. The van der Waals surface area contributed by atoms with Crippen molar-refractivity contribution in [1.29, 1.82) is 0 Å². The third-order valence-corrected chi connectivity index (χ3v) is 11.5. The van der Waals surface area contributed by atoms with Crippen LogP contribution in [0.25, 0.3) is 0 Å². The molecule has 0 aromatic carbocycles. The Balaban J connectivity index is 0.000000972. The monoisotopic (exact) mass is 853 g/mol. The van der Waals surface area contributed by atoms with Gasteiger partial charge < -0.3 is 35.8 Å². The van der Waals surface area contributed by atoms with Crippen LogP contribution in [0, 0.1) is 23.2 Å². The number of aromatic carboxylic acids is 1. The number of esters is 1. The van der Waals surface area contributed by atoms with Gasteiger partial charge in [0.15, 0.2) is 11.6 Å². The Bertz CT molecular complexity index is 1750. The molecule has 0 spiro atoms. The van der Waals surface area contributed by atoms with Crippen LogP contribution in [0.15, 0.2) is 36.7 Å². The number of likely N-dealkylation sites (tertiary alicyclic amines) is 1. The molecule has 1 saturated heterocycles. The topological polar surface area (TPSA) is 256 Å². The van der Waals surface area contributed by atoms with E-state index in [0.29, 0.717) is 12.8 Å². The Hall–Kier alpha value is -5.48. The number of aromatic nitrogens is 1. The minimum atomic E-state index is -1.23. The Labute approximate surface area is 357 Å². The minimum absolute atomic E-state index is 0.107. The number of nitrogens with one attached hydrogen (secondary N) is 3. The van der Waals surface area contributed by atoms with Crippen LogP contribution in [0.4, 0.5) is 0 Å². The van der Waals surface area contributed by atoms with Crippen molar-refractivity contribution in [1.82, 2.24) is 25.8 Å². The molecule has 3 fully saturated rings. The number of amides is 4. The number of carboxylic acid groups (broad SMARTS) is 2. The number of methoxy groups -OCH3 is 1. The van der Waals surface area contributed by atoms with Gasteiger partial charge in [0, 0.05) is 38.2 Å². The highest BCUT2D eigenvalue weighted by atomic mass is 16.5. The van der Waals surface area contributed by atoms with Gasteiger partial charge >= 0.3 is 17.9 Å². The number of pyridine rings is 1. The number of aliphatic carboxylic acids is 1. The first kappa shape index (κ1) is 49.9. The average molecular weight is 854 g/mol. The summed E-state index contributed by atoms with van der Waals surface area (Å²) in [5, 5.41) is 26.6. The maximum atomic E-state index is 14.2. The highest BCUT2D eigenvalue weighted by Gasteiger charge is 2.46. The molecule has 2 heterocycles. The van der Waals surface area contributed by atoms with Crippen LogP contribution in [-0.2, 0) is 43.1 Å². The third-order valence-electron chi connectivity index (χ3n) is 11.5. The van der Waals surface area contributed by atoms with Crippen molar-refractivity contribution in [2.24, 2.45) is 23.2 Å². The van der Waals surface area contributed by atoms with E-state index in [1.807, 2.05) is 0 Å². The van der Waals surface area contributed by atoms with Crippen LogP contribution in [0.5, 0.6) is 0 Å². The van der Waals surface area contributed by atoms with Gasteiger partial charge in [-0.05, 0) is 67.9 Å². The van der Waals surface area contributed by atoms with E-state index in [4.69, 9.17) is 5.11 Å². The van der Waals surface area contributed by atoms with Gasteiger partial charge in [-0.3, -0.25) is 38.5 Å². The van der Waals surface area contributed by atoms with Crippen molar-refractivity contribution in [3.05, 3.63) is 42.2 Å². The number of Topliss-reactive ketones (excluding diaryl/α,β-unsaturated/α-hetero) is 2. The van der Waals surface area contributed by atoms with E-state index in [1.54, 1.807) is 26.8 Å². The summed E-state index contributed by atoms with van der Waals surface area (Å²) in [6.45, 7) is 6.05. The number of carbonyl (C=O) groups excluding carboxylic acids is 7. The zero-order chi connectivity index (χ0) is 45.3. The number of allylic oxidation sites excluding steroid dienone is 1. The Morgan fingerprint density at radius 1 is 0.918 bits per heavy atom. The lowest BCUT2D eigenvalue weighted by atomic mass is 9.75. The second-order valence-corrected chi connectivity index (χ2v) is 17.2. The van der Waals surface area contributed by atoms with Gasteiger partial charge in [0.2, 0.25) is 23.6 Å². The van der Waals surface area contributed by atoms with E-state index in [1.165, 1.54) is 44.6 Å². The predicted octanol–water partition coefficient (Wildman–Crippen LogP) is 3.79. The zero-order valence-electron chi connectivity index (χ0n) is 36.0. The fourth-order valence-corrected chi connectivity index (χ4v) is 8.24. The summed E-state index contributed by atoms with van der Waals surface area (Å²) in [6.07, 6.45) is 13.9. The molecule has 1 aromatic rings. The number of carbonyl (C=O) groups is 9. The van der Waals surface area contributed by atoms with E-state index < -0.39 is 77.0 Å². The Kier molecular flexibility index (Phi) is 19.7. The highest BCUT2D eigenvalue weighted by molar-refractivity contribution is 6.02. The first-order valence-corrected chi connectivity index (χ1v) is 21.2. The summed E-state index contributed by atoms with van der Waals surface area (Å²) in [4.78, 5) is 119. The molecule has 17 nitrogen and oxygen atoms in total. The molecule has 17 heteroatoms. The van der Waals surface area contributed by atoms with Gasteiger partial charge in [-0.2, -0.15) is 0 Å². The Morgan fingerprint density at radius 3 is 2.05 bits per heavy atom. The molecule has 2 aliphatic carbocycles. The summed E-state index contributed by atoms with van der Waals surface area (Å²) < 4.78 is 4.57. The molecule has 1 aromatic heterocycles. The molecule has 61 heavy (non-hydrogen) atoms. The number of ketones is 2. The van der Waals surface area contributed by atoms with Gasteiger partial charge in [-0.25, -0.2) is 9.59 Å². The summed E-state index contributed by atoms with van der Waals surface area (Å²) in [6, 6.07) is -1.36. The molecule has 0 unspecified atom stereocenters. The van der Waals surface area contributed by atoms with E-state index in [0.717, 1.165) is 56.3 Å². The predicted molar refractivity (Wildman–Crippen MR) is 222 cm³/mol. The van der Waals surface area contributed by atoms with Crippen molar-refractivity contribution in [2.45, 2.75) is 142 Å². The van der Waals surface area contributed by atoms with Crippen LogP contribution < -0.4 is 16.0 Å². The fourth-order valence-electron chi connectivity index (χ4n) is 8.24. The maximum absolute atomic E-state index is 14.2. The molecule has 2 saturated carbocycles. The first-order valence-electron chi connectivity index (χ1n) is 21.2. The smallest absolute Gasteiger partial charge is 0.337 e. The number of hydrogen-bond acceptors (Lipinski definition) is 11. The van der Waals surface area contributed by atoms with Crippen LogP contribution in [0.3, 0.4) is 0 Å². The normalized spacial score (nSPS) is 19.3. The van der Waals surface area contributed by atoms with Crippen molar-refractivity contribution in [3.63, 3.8) is 0 Å². The number of ether oxygens (including phenoxy) is 1. The lowest BCUT2D eigenvalue weighted by Crippen LogP contribution is -2.61. The second-order valence-electron chi connectivity index (χ2n) is 17.2. The van der Waals surface area contributed by atoms with Gasteiger partial charge in [0.05, 0.1) is 31.2 Å². The SMILES string of the molecule is COC(=O)/C=C/CC[C@H](NC(C)=O)C(=O)N[C@H](C(=O)N1CC(=O)C[C@H]1C(=O)N[C@H](C(=O)C[C@H](C(=O)O)C1CCCCC1)C1CCCCC1)C(C)(C)C.O=C(O)c1cccnc1. The van der Waals surface area contributed by atoms with Crippen LogP contribution in [0.2, 0.25) is 0 Å². The summed E-state index contributed by atoms with van der Waals surface area (Å²) in [5.74, 6) is -6.84. The first-order chi connectivity index (χ1) is 28.8. The Morgan fingerprint density at radius 2 is 1.54 bits per heavy atom. The number of hydrogen-bond donors (Lipinski definition) is 5. The highest BCUT2D eigenvalue weighted by Crippen LogP contribution is 2.34. The molecule has 4 rings (SSSR count). The van der Waals surface area contributed by atoms with Crippen molar-refractivity contribution in [3.8, 4) is 0 Å². The lowest BCUT2D eigenvalue weighted by Gasteiger charge is -2.37. The number of nitrogens with zero attached hydrogens (tertiary/aromatic N) is 2. The molecular weight excluding hydrogens is 791 g/mol. The molecule has 0 radical (unpaired) electrons. The van der Waals surface area contributed by atoms with Gasteiger partial charge in [-0.1, -0.05) is 65.4 Å². The van der Waals surface area contributed by atoms with Crippen molar-refractivity contribution < 1.29 is 58.1 Å². The standard InChI is InChI=1S/C38H58N4O10.C6H5NO2/c1-23(43)39-28(18-12-13-19-31(46)52-5)34(47)41-33(38(2,3)4)36(49)42-22-26(44)20-29(42)35(48)40-32(25-16-10-7-11-17-25)30(45)21-27(37(50)51)24-14-8-6-9-15-24;8-6(9)5-2-1-3-7-4-5/h13,19,24-25,27-29,32-33H,6-12,14-18,20-22H2,1-5H3,(H,39,43)(H,40,48)(H,41,47)(H,50,51);1-4H,(H,8,9)/b19-13+;/t27-,28-,29-,32-,33+;/m0./s1. The third kappa shape index (κ3) is 15.8. The summed E-state index contributed by atoms with van der Waals surface area (Å²) in [7, 11) is 1.23. The molecule has 3 aliphatic rings. The van der Waals surface area contributed by atoms with Gasteiger partial charge in [-0.15, -0.1) is 0 Å². The minimum Gasteiger partial charge on any atom is -0.481 e. The molecular formula is C44H63N5O12. The van der Waals surface area contributed by atoms with Crippen LogP contribution in [-0.4, -0.2) is 111 Å². The molecule has 5 atom stereocenters. The maximum Gasteiger partial charge on any atom is 0.337 e. The van der Waals surface area contributed by atoms with Crippen LogP contribution in [0.1, 0.15) is 128 Å². The molecule has 1 aliphatic heterocycles. The van der Waals surface area contributed by atoms with Crippen molar-refractivity contribution >= 4 is 53.1 Å². The van der Waals surface area contributed by atoms with E-state index >= 15 is 0 Å². The average Bonchev–Trinajstić information content (AvgIpc) is 3.63. The van der Waals surface area contributed by atoms with E-state index in [2.05, 4.69) is 25.7 Å².